The first kappa shape index (κ1) is 14.3. The summed E-state index contributed by atoms with van der Waals surface area (Å²) in [6.45, 7) is 0. The molecule has 0 aliphatic carbocycles. The van der Waals surface area contributed by atoms with Gasteiger partial charge in [0.15, 0.2) is 0 Å². The molecule has 0 heterocycles. The zero-order valence-electron chi connectivity index (χ0n) is 11.0. The molecule has 0 radical (unpaired) electrons. The molecule has 0 atom stereocenters. The maximum Gasteiger partial charge on any atom is 0.273 e. The van der Waals surface area contributed by atoms with Gasteiger partial charge in [0.2, 0.25) is 0 Å². The Bertz CT molecular complexity index is 692. The maximum atomic E-state index is 10.9. The molecule has 0 saturated carbocycles. The standard InChI is InChI=1S/C14H13N5O2/c15-6-5-10-1-3-11(4-2-10)17-12-7-13(18-16)9-14(8-12)19(20)21/h1-4,7-9,17-18H,5,16H2. The minimum Gasteiger partial charge on any atom is -0.355 e. The molecule has 7 heteroatoms. The van der Waals surface area contributed by atoms with Gasteiger partial charge in [-0.05, 0) is 23.8 Å². The highest BCUT2D eigenvalue weighted by Gasteiger charge is 2.09. The monoisotopic (exact) mass is 283 g/mol. The van der Waals surface area contributed by atoms with E-state index in [0.717, 1.165) is 11.3 Å². The molecule has 0 aliphatic rings. The Morgan fingerprint density at radius 1 is 1.14 bits per heavy atom. The van der Waals surface area contributed by atoms with Gasteiger partial charge in [0.25, 0.3) is 5.69 Å². The molecule has 21 heavy (non-hydrogen) atoms. The third kappa shape index (κ3) is 3.68. The molecule has 0 spiro atoms. The topological polar surface area (TPSA) is 117 Å². The van der Waals surface area contributed by atoms with Gasteiger partial charge in [0.1, 0.15) is 0 Å². The van der Waals surface area contributed by atoms with Gasteiger partial charge in [0, 0.05) is 23.5 Å². The van der Waals surface area contributed by atoms with Crippen LogP contribution in [-0.2, 0) is 6.42 Å². The SMILES string of the molecule is N#CCc1ccc(Nc2cc(NN)cc([N+](=O)[O-])c2)cc1. The fraction of sp³-hybridized carbons (Fsp3) is 0.0714. The number of non-ortho nitro benzene ring substituents is 1. The van der Waals surface area contributed by atoms with Gasteiger partial charge in [-0.15, -0.1) is 0 Å². The van der Waals surface area contributed by atoms with Crippen LogP contribution in [-0.4, -0.2) is 4.92 Å². The Labute approximate surface area is 121 Å². The Kier molecular flexibility index (Phi) is 4.33. The van der Waals surface area contributed by atoms with Crippen molar-refractivity contribution in [3.8, 4) is 6.07 Å². The molecule has 2 rings (SSSR count). The zero-order valence-corrected chi connectivity index (χ0v) is 11.0. The molecule has 0 amide bonds. The zero-order chi connectivity index (χ0) is 15.2. The van der Waals surface area contributed by atoms with Gasteiger partial charge >= 0.3 is 0 Å². The summed E-state index contributed by atoms with van der Waals surface area (Å²) in [5.74, 6) is 5.30. The summed E-state index contributed by atoms with van der Waals surface area (Å²) in [7, 11) is 0. The van der Waals surface area contributed by atoms with E-state index in [2.05, 4.69) is 16.8 Å². The summed E-state index contributed by atoms with van der Waals surface area (Å²) >= 11 is 0. The number of hydrazine groups is 1. The van der Waals surface area contributed by atoms with Crippen molar-refractivity contribution in [3.05, 3.63) is 58.1 Å². The van der Waals surface area contributed by atoms with E-state index in [1.807, 2.05) is 12.1 Å². The lowest BCUT2D eigenvalue weighted by atomic mass is 10.1. The molecule has 2 aromatic carbocycles. The van der Waals surface area contributed by atoms with E-state index >= 15 is 0 Å². The summed E-state index contributed by atoms with van der Waals surface area (Å²) in [6.07, 6.45) is 0.346. The predicted molar refractivity (Wildman–Crippen MR) is 79.9 cm³/mol. The van der Waals surface area contributed by atoms with Crippen LogP contribution in [0.1, 0.15) is 5.56 Å². The molecule has 4 N–H and O–H groups in total. The molecule has 0 fully saturated rings. The van der Waals surface area contributed by atoms with Crippen LogP contribution >= 0.6 is 0 Å². The van der Waals surface area contributed by atoms with Crippen molar-refractivity contribution in [2.45, 2.75) is 6.42 Å². The van der Waals surface area contributed by atoms with Gasteiger partial charge < -0.3 is 10.7 Å². The molecule has 0 saturated heterocycles. The second-order valence-corrected chi connectivity index (χ2v) is 4.33. The number of anilines is 3. The largest absolute Gasteiger partial charge is 0.355 e. The highest BCUT2D eigenvalue weighted by atomic mass is 16.6. The summed E-state index contributed by atoms with van der Waals surface area (Å²) in [6, 6.07) is 13.8. The number of nitrogens with zero attached hydrogens (tertiary/aromatic N) is 2. The van der Waals surface area contributed by atoms with Crippen molar-refractivity contribution < 1.29 is 4.92 Å². The molecule has 0 aliphatic heterocycles. The number of nitro groups is 1. The van der Waals surface area contributed by atoms with E-state index in [0.29, 0.717) is 17.8 Å². The van der Waals surface area contributed by atoms with E-state index < -0.39 is 4.92 Å². The van der Waals surface area contributed by atoms with Gasteiger partial charge in [0.05, 0.1) is 23.1 Å². The Morgan fingerprint density at radius 3 is 2.38 bits per heavy atom. The normalized spacial score (nSPS) is 9.71. The van der Waals surface area contributed by atoms with Crippen LogP contribution in [0.25, 0.3) is 0 Å². The van der Waals surface area contributed by atoms with Gasteiger partial charge in [-0.1, -0.05) is 12.1 Å². The van der Waals surface area contributed by atoms with Crippen molar-refractivity contribution >= 4 is 22.7 Å². The van der Waals surface area contributed by atoms with E-state index in [4.69, 9.17) is 11.1 Å². The lowest BCUT2D eigenvalue weighted by Crippen LogP contribution is -2.07. The number of nitrogens with one attached hydrogen (secondary N) is 2. The van der Waals surface area contributed by atoms with Crippen LogP contribution < -0.4 is 16.6 Å². The van der Waals surface area contributed by atoms with Crippen molar-refractivity contribution in [3.63, 3.8) is 0 Å². The van der Waals surface area contributed by atoms with Crippen LogP contribution in [0.2, 0.25) is 0 Å². The van der Waals surface area contributed by atoms with Gasteiger partial charge in [-0.2, -0.15) is 5.26 Å². The lowest BCUT2D eigenvalue weighted by Gasteiger charge is -2.09. The third-order valence-corrected chi connectivity index (χ3v) is 2.82. The first-order valence-corrected chi connectivity index (χ1v) is 6.11. The Morgan fingerprint density at radius 2 is 1.81 bits per heavy atom. The summed E-state index contributed by atoms with van der Waals surface area (Å²) in [5.41, 5.74) is 4.99. The first-order chi connectivity index (χ1) is 10.1. The first-order valence-electron chi connectivity index (χ1n) is 6.11. The maximum absolute atomic E-state index is 10.9. The van der Waals surface area contributed by atoms with E-state index in [9.17, 15) is 10.1 Å². The lowest BCUT2D eigenvalue weighted by molar-refractivity contribution is -0.384. The Balaban J connectivity index is 2.24. The number of nitrogens with two attached hydrogens (primary N) is 1. The average Bonchev–Trinajstić information content (AvgIpc) is 2.49. The second-order valence-electron chi connectivity index (χ2n) is 4.33. The van der Waals surface area contributed by atoms with Crippen molar-refractivity contribution in [1.29, 1.82) is 5.26 Å². The number of benzene rings is 2. The van der Waals surface area contributed by atoms with Gasteiger partial charge in [-0.3, -0.25) is 16.0 Å². The van der Waals surface area contributed by atoms with E-state index in [-0.39, 0.29) is 5.69 Å². The number of nitrogen functional groups attached to an aromatic ring is 1. The van der Waals surface area contributed by atoms with Crippen LogP contribution in [0.4, 0.5) is 22.7 Å². The molecule has 7 nitrogen and oxygen atoms in total. The summed E-state index contributed by atoms with van der Waals surface area (Å²) < 4.78 is 0. The number of nitro benzene ring substituents is 1. The highest BCUT2D eigenvalue weighted by molar-refractivity contribution is 5.68. The molecular weight excluding hydrogens is 270 g/mol. The quantitative estimate of drug-likeness (QED) is 0.441. The van der Waals surface area contributed by atoms with Crippen molar-refractivity contribution in [2.75, 3.05) is 10.7 Å². The summed E-state index contributed by atoms with van der Waals surface area (Å²) in [4.78, 5) is 10.4. The third-order valence-electron chi connectivity index (χ3n) is 2.82. The average molecular weight is 283 g/mol. The number of hydrogen-bond acceptors (Lipinski definition) is 6. The number of rotatable bonds is 5. The minimum absolute atomic E-state index is 0.0611. The van der Waals surface area contributed by atoms with Crippen molar-refractivity contribution in [1.82, 2.24) is 0 Å². The predicted octanol–water partition coefficient (Wildman–Crippen LogP) is 2.69. The van der Waals surface area contributed by atoms with Crippen LogP contribution in [0.3, 0.4) is 0 Å². The fourth-order valence-corrected chi connectivity index (χ4v) is 1.84. The van der Waals surface area contributed by atoms with Crippen molar-refractivity contribution in [2.24, 2.45) is 5.84 Å². The molecule has 0 aromatic heterocycles. The molecule has 0 unspecified atom stereocenters. The minimum atomic E-state index is -0.484. The molecule has 0 bridgehead atoms. The fourth-order valence-electron chi connectivity index (χ4n) is 1.84. The van der Waals surface area contributed by atoms with Gasteiger partial charge in [-0.25, -0.2) is 0 Å². The van der Waals surface area contributed by atoms with Crippen LogP contribution in [0.5, 0.6) is 0 Å². The summed E-state index contributed by atoms with van der Waals surface area (Å²) in [5, 5.41) is 22.5. The molecule has 2 aromatic rings. The highest BCUT2D eigenvalue weighted by Crippen LogP contribution is 2.26. The smallest absolute Gasteiger partial charge is 0.273 e. The number of nitriles is 1. The number of hydrogen-bond donors (Lipinski definition) is 3. The Hall–Kier alpha value is -3.11. The second kappa shape index (κ2) is 6.36. The van der Waals surface area contributed by atoms with E-state index in [1.54, 1.807) is 18.2 Å². The van der Waals surface area contributed by atoms with Crippen LogP contribution in [0.15, 0.2) is 42.5 Å². The van der Waals surface area contributed by atoms with Crippen LogP contribution in [0, 0.1) is 21.4 Å². The molecule has 106 valence electrons. The van der Waals surface area contributed by atoms with E-state index in [1.165, 1.54) is 12.1 Å². The molecular formula is C14H13N5O2.